The van der Waals surface area contributed by atoms with Crippen LogP contribution in [0.5, 0.6) is 0 Å². The highest BCUT2D eigenvalue weighted by Crippen LogP contribution is 2.36. The fourth-order valence-corrected chi connectivity index (χ4v) is 5.21. The summed E-state index contributed by atoms with van der Waals surface area (Å²) >= 11 is 3.39. The van der Waals surface area contributed by atoms with Crippen LogP contribution in [0.1, 0.15) is 23.7 Å². The molecular formula is C18H15BrN2O4S. The molecule has 4 rings (SSSR count). The van der Waals surface area contributed by atoms with Gasteiger partial charge in [0.15, 0.2) is 0 Å². The first-order valence-electron chi connectivity index (χ1n) is 8.10. The quantitative estimate of drug-likeness (QED) is 0.625. The van der Waals surface area contributed by atoms with E-state index in [4.69, 9.17) is 0 Å². The summed E-state index contributed by atoms with van der Waals surface area (Å²) in [5, 5.41) is 0.541. The summed E-state index contributed by atoms with van der Waals surface area (Å²) in [6.07, 6.45) is 1.19. The van der Waals surface area contributed by atoms with Gasteiger partial charge >= 0.3 is 0 Å². The minimum atomic E-state index is -4.36. The zero-order chi connectivity index (χ0) is 18.5. The van der Waals surface area contributed by atoms with Gasteiger partial charge in [0.1, 0.15) is 5.82 Å². The Hall–Kier alpha value is -2.03. The Kier molecular flexibility index (Phi) is 4.21. The zero-order valence-electron chi connectivity index (χ0n) is 13.6. The summed E-state index contributed by atoms with van der Waals surface area (Å²) in [5.74, 6) is 0.473. The van der Waals surface area contributed by atoms with Crippen molar-refractivity contribution < 1.29 is 13.0 Å². The largest absolute Gasteiger partial charge is 0.296 e. The van der Waals surface area contributed by atoms with Crippen LogP contribution in [0, 0.1) is 0 Å². The molecular weight excluding hydrogens is 420 g/mol. The molecule has 0 radical (unpaired) electrons. The number of para-hydroxylation sites is 1. The van der Waals surface area contributed by atoms with Crippen LogP contribution in [0.3, 0.4) is 0 Å². The SMILES string of the molecule is O=c1c2ccccc2nc2n1CC(c1c(Br)cccc1S(=O)(=O)O)CC2. The Morgan fingerprint density at radius 2 is 1.92 bits per heavy atom. The van der Waals surface area contributed by atoms with E-state index >= 15 is 0 Å². The van der Waals surface area contributed by atoms with Crippen molar-refractivity contribution in [2.24, 2.45) is 0 Å². The van der Waals surface area contributed by atoms with Gasteiger partial charge in [0.2, 0.25) is 0 Å². The van der Waals surface area contributed by atoms with E-state index in [1.807, 2.05) is 12.1 Å². The summed E-state index contributed by atoms with van der Waals surface area (Å²) in [5.41, 5.74) is 1.04. The maximum absolute atomic E-state index is 12.9. The summed E-state index contributed by atoms with van der Waals surface area (Å²) < 4.78 is 35.4. The van der Waals surface area contributed by atoms with Crippen molar-refractivity contribution >= 4 is 37.0 Å². The Morgan fingerprint density at radius 1 is 1.15 bits per heavy atom. The molecule has 2 aromatic carbocycles. The molecule has 134 valence electrons. The first-order valence-corrected chi connectivity index (χ1v) is 10.3. The third-order valence-electron chi connectivity index (χ3n) is 4.76. The van der Waals surface area contributed by atoms with Crippen molar-refractivity contribution in [3.8, 4) is 0 Å². The summed E-state index contributed by atoms with van der Waals surface area (Å²) in [7, 11) is -4.36. The van der Waals surface area contributed by atoms with E-state index < -0.39 is 10.1 Å². The lowest BCUT2D eigenvalue weighted by molar-refractivity contribution is 0.430. The van der Waals surface area contributed by atoms with Crippen molar-refractivity contribution in [2.45, 2.75) is 30.2 Å². The van der Waals surface area contributed by atoms with E-state index in [1.54, 1.807) is 28.8 Å². The molecule has 1 unspecified atom stereocenters. The molecule has 26 heavy (non-hydrogen) atoms. The molecule has 8 heteroatoms. The smallest absolute Gasteiger partial charge is 0.294 e. The Morgan fingerprint density at radius 3 is 2.69 bits per heavy atom. The molecule has 1 aliphatic rings. The third-order valence-corrected chi connectivity index (χ3v) is 6.36. The van der Waals surface area contributed by atoms with Crippen molar-refractivity contribution in [1.82, 2.24) is 9.55 Å². The van der Waals surface area contributed by atoms with E-state index in [-0.39, 0.29) is 16.4 Å². The molecule has 0 amide bonds. The number of nitrogens with zero attached hydrogens (tertiary/aromatic N) is 2. The second kappa shape index (κ2) is 6.29. The molecule has 1 atom stereocenters. The summed E-state index contributed by atoms with van der Waals surface area (Å²) in [4.78, 5) is 17.3. The Balaban J connectivity index is 1.86. The maximum Gasteiger partial charge on any atom is 0.294 e. The minimum absolute atomic E-state index is 0.123. The van der Waals surface area contributed by atoms with Crippen LogP contribution in [-0.2, 0) is 23.1 Å². The first-order chi connectivity index (χ1) is 12.4. The molecule has 3 aromatic rings. The van der Waals surface area contributed by atoms with Gasteiger partial charge in [-0.2, -0.15) is 8.42 Å². The molecule has 2 heterocycles. The van der Waals surface area contributed by atoms with Gasteiger partial charge < -0.3 is 0 Å². The number of benzene rings is 2. The first kappa shape index (κ1) is 17.4. The molecule has 1 N–H and O–H groups in total. The molecule has 6 nitrogen and oxygen atoms in total. The lowest BCUT2D eigenvalue weighted by atomic mass is 9.91. The lowest BCUT2D eigenvalue weighted by Gasteiger charge is -2.28. The number of hydrogen-bond donors (Lipinski definition) is 1. The highest BCUT2D eigenvalue weighted by molar-refractivity contribution is 9.10. The topological polar surface area (TPSA) is 89.3 Å². The molecule has 0 fully saturated rings. The highest BCUT2D eigenvalue weighted by Gasteiger charge is 2.29. The van der Waals surface area contributed by atoms with Gasteiger partial charge in [0.25, 0.3) is 15.7 Å². The van der Waals surface area contributed by atoms with Crippen LogP contribution in [0.2, 0.25) is 0 Å². The van der Waals surface area contributed by atoms with Crippen LogP contribution in [0.15, 0.2) is 56.6 Å². The summed E-state index contributed by atoms with van der Waals surface area (Å²) in [6.45, 7) is 0.317. The van der Waals surface area contributed by atoms with Gasteiger partial charge in [-0.3, -0.25) is 13.9 Å². The minimum Gasteiger partial charge on any atom is -0.296 e. The van der Waals surface area contributed by atoms with Gasteiger partial charge in [-0.25, -0.2) is 4.98 Å². The predicted molar refractivity (Wildman–Crippen MR) is 101 cm³/mol. The number of rotatable bonds is 2. The van der Waals surface area contributed by atoms with Crippen LogP contribution in [-0.4, -0.2) is 22.5 Å². The van der Waals surface area contributed by atoms with E-state index in [9.17, 15) is 17.8 Å². The van der Waals surface area contributed by atoms with Crippen LogP contribution < -0.4 is 5.56 Å². The average Bonchev–Trinajstić information content (AvgIpc) is 2.61. The third kappa shape index (κ3) is 2.87. The van der Waals surface area contributed by atoms with Gasteiger partial charge in [-0.1, -0.05) is 34.1 Å². The lowest BCUT2D eigenvalue weighted by Crippen LogP contribution is -2.32. The van der Waals surface area contributed by atoms with Gasteiger partial charge in [-0.05, 0) is 36.2 Å². The van der Waals surface area contributed by atoms with Crippen molar-refractivity contribution in [2.75, 3.05) is 0 Å². The monoisotopic (exact) mass is 434 g/mol. The Bertz CT molecular complexity index is 1190. The molecule has 0 saturated heterocycles. The van der Waals surface area contributed by atoms with Gasteiger partial charge in [0.05, 0.1) is 15.8 Å². The van der Waals surface area contributed by atoms with Crippen LogP contribution in [0.25, 0.3) is 10.9 Å². The van der Waals surface area contributed by atoms with E-state index in [2.05, 4.69) is 20.9 Å². The number of aromatic nitrogens is 2. The highest BCUT2D eigenvalue weighted by atomic mass is 79.9. The number of hydrogen-bond acceptors (Lipinski definition) is 4. The van der Waals surface area contributed by atoms with Crippen molar-refractivity contribution in [3.63, 3.8) is 0 Å². The van der Waals surface area contributed by atoms with E-state index in [0.29, 0.717) is 46.1 Å². The van der Waals surface area contributed by atoms with E-state index in [1.165, 1.54) is 6.07 Å². The second-order valence-corrected chi connectivity index (χ2v) is 8.57. The number of halogens is 1. The maximum atomic E-state index is 12.9. The molecule has 0 aliphatic carbocycles. The van der Waals surface area contributed by atoms with Crippen molar-refractivity contribution in [3.05, 3.63) is 68.7 Å². The van der Waals surface area contributed by atoms with Gasteiger partial charge in [-0.15, -0.1) is 0 Å². The molecule has 1 aromatic heterocycles. The fraction of sp³-hybridized carbons (Fsp3) is 0.222. The molecule has 0 saturated carbocycles. The molecule has 0 bridgehead atoms. The zero-order valence-corrected chi connectivity index (χ0v) is 16.0. The second-order valence-electron chi connectivity index (χ2n) is 6.32. The number of aryl methyl sites for hydroxylation is 1. The van der Waals surface area contributed by atoms with Crippen LogP contribution >= 0.6 is 15.9 Å². The van der Waals surface area contributed by atoms with Crippen molar-refractivity contribution in [1.29, 1.82) is 0 Å². The van der Waals surface area contributed by atoms with Gasteiger partial charge in [0, 0.05) is 23.4 Å². The Labute approximate surface area is 158 Å². The predicted octanol–water partition coefficient (Wildman–Crippen LogP) is 3.14. The number of fused-ring (bicyclic) bond motifs is 2. The fourth-order valence-electron chi connectivity index (χ4n) is 3.58. The van der Waals surface area contributed by atoms with E-state index in [0.717, 1.165) is 0 Å². The molecule has 1 aliphatic heterocycles. The molecule has 0 spiro atoms. The standard InChI is InChI=1S/C18H15BrN2O4S/c19-13-5-3-7-15(26(23,24)25)17(13)11-8-9-16-20-14-6-2-1-4-12(14)18(22)21(16)10-11/h1-7,11H,8-10H2,(H,23,24,25). The average molecular weight is 435 g/mol. The summed E-state index contributed by atoms with van der Waals surface area (Å²) in [6, 6.07) is 11.9. The normalized spacial score (nSPS) is 17.2. The van der Waals surface area contributed by atoms with Crippen LogP contribution in [0.4, 0.5) is 0 Å².